The summed E-state index contributed by atoms with van der Waals surface area (Å²) in [7, 11) is 0. The lowest BCUT2D eigenvalue weighted by molar-refractivity contribution is -0.128. The summed E-state index contributed by atoms with van der Waals surface area (Å²) in [5.41, 5.74) is 0. The van der Waals surface area contributed by atoms with E-state index in [4.69, 9.17) is 5.11 Å². The number of amides is 2. The van der Waals surface area contributed by atoms with Gasteiger partial charge in [0.05, 0.1) is 6.54 Å². The maximum absolute atomic E-state index is 10.7. The van der Waals surface area contributed by atoms with Crippen molar-refractivity contribution in [2.45, 2.75) is 6.42 Å². The highest BCUT2D eigenvalue weighted by atomic mass is 16.4. The molecule has 0 fully saturated rings. The molecule has 2 amide bonds. The van der Waals surface area contributed by atoms with Gasteiger partial charge in [-0.2, -0.15) is 0 Å². The van der Waals surface area contributed by atoms with Crippen molar-refractivity contribution in [1.29, 1.82) is 0 Å². The van der Waals surface area contributed by atoms with Crippen LogP contribution in [0, 0.1) is 0 Å². The van der Waals surface area contributed by atoms with Gasteiger partial charge in [0, 0.05) is 6.42 Å². The normalized spacial score (nSPS) is 17.6. The minimum atomic E-state index is -1.17. The Labute approximate surface area is 57.7 Å². The fourth-order valence-corrected chi connectivity index (χ4v) is 0.761. The number of rotatable bonds is 0. The molecular formula is C6H7NO3. The zero-order valence-electron chi connectivity index (χ0n) is 5.28. The molecule has 0 aromatic heterocycles. The molecule has 1 aliphatic heterocycles. The second-order valence-electron chi connectivity index (χ2n) is 1.96. The first-order valence-corrected chi connectivity index (χ1v) is 2.90. The van der Waals surface area contributed by atoms with Crippen LogP contribution >= 0.6 is 0 Å². The summed E-state index contributed by atoms with van der Waals surface area (Å²) in [5, 5.41) is 8.38. The maximum atomic E-state index is 10.7. The highest BCUT2D eigenvalue weighted by Crippen LogP contribution is 2.02. The molecule has 0 spiro atoms. The van der Waals surface area contributed by atoms with Crippen LogP contribution in [0.2, 0.25) is 0 Å². The van der Waals surface area contributed by atoms with Crippen molar-refractivity contribution >= 4 is 12.0 Å². The van der Waals surface area contributed by atoms with E-state index in [2.05, 4.69) is 0 Å². The van der Waals surface area contributed by atoms with Crippen molar-refractivity contribution in [1.82, 2.24) is 4.90 Å². The van der Waals surface area contributed by atoms with Gasteiger partial charge in [-0.25, -0.2) is 9.69 Å². The molecule has 0 radical (unpaired) electrons. The van der Waals surface area contributed by atoms with Gasteiger partial charge in [0.2, 0.25) is 5.91 Å². The van der Waals surface area contributed by atoms with Crippen LogP contribution in [-0.2, 0) is 4.79 Å². The molecule has 10 heavy (non-hydrogen) atoms. The molecule has 1 heterocycles. The number of carbonyl (C=O) groups excluding carboxylic acids is 1. The fraction of sp³-hybridized carbons (Fsp3) is 0.333. The molecule has 1 rings (SSSR count). The van der Waals surface area contributed by atoms with Gasteiger partial charge in [-0.1, -0.05) is 12.2 Å². The van der Waals surface area contributed by atoms with Gasteiger partial charge in [0.1, 0.15) is 0 Å². The number of nitrogens with zero attached hydrogens (tertiary/aromatic N) is 1. The van der Waals surface area contributed by atoms with Gasteiger partial charge in [-0.05, 0) is 0 Å². The summed E-state index contributed by atoms with van der Waals surface area (Å²) in [6.07, 6.45) is 2.36. The lowest BCUT2D eigenvalue weighted by atomic mass is 10.2. The number of hydrogen-bond donors (Lipinski definition) is 1. The summed E-state index contributed by atoms with van der Waals surface area (Å²) in [5.74, 6) is -0.352. The number of imide groups is 1. The minimum Gasteiger partial charge on any atom is -0.465 e. The van der Waals surface area contributed by atoms with E-state index in [1.165, 1.54) is 0 Å². The summed E-state index contributed by atoms with van der Waals surface area (Å²) < 4.78 is 0. The van der Waals surface area contributed by atoms with Crippen molar-refractivity contribution < 1.29 is 14.7 Å². The zero-order chi connectivity index (χ0) is 7.56. The van der Waals surface area contributed by atoms with E-state index in [9.17, 15) is 9.59 Å². The summed E-state index contributed by atoms with van der Waals surface area (Å²) >= 11 is 0. The molecule has 0 atom stereocenters. The topological polar surface area (TPSA) is 57.6 Å². The third kappa shape index (κ3) is 1.15. The number of carbonyl (C=O) groups is 2. The van der Waals surface area contributed by atoms with E-state index in [0.29, 0.717) is 0 Å². The standard InChI is InChI=1S/C6H7NO3/c8-5-3-1-2-4-7(5)6(9)10/h1-2H,3-4H2,(H,9,10). The SMILES string of the molecule is O=C(O)N1CC=CCC1=O. The van der Waals surface area contributed by atoms with E-state index >= 15 is 0 Å². The molecule has 4 nitrogen and oxygen atoms in total. The fourth-order valence-electron chi connectivity index (χ4n) is 0.761. The van der Waals surface area contributed by atoms with E-state index in [1.807, 2.05) is 0 Å². The van der Waals surface area contributed by atoms with Crippen molar-refractivity contribution in [2.24, 2.45) is 0 Å². The molecule has 0 saturated heterocycles. The van der Waals surface area contributed by atoms with Crippen molar-refractivity contribution in [2.75, 3.05) is 6.54 Å². The summed E-state index contributed by atoms with van der Waals surface area (Å²) in [6.45, 7) is 0.189. The molecule has 54 valence electrons. The Morgan fingerprint density at radius 2 is 2.30 bits per heavy atom. The Morgan fingerprint density at radius 1 is 1.60 bits per heavy atom. The lowest BCUT2D eigenvalue weighted by Gasteiger charge is -2.16. The lowest BCUT2D eigenvalue weighted by Crippen LogP contribution is -2.37. The highest BCUT2D eigenvalue weighted by Gasteiger charge is 2.19. The number of carboxylic acid groups (broad SMARTS) is 1. The van der Waals surface area contributed by atoms with Crippen LogP contribution in [0.15, 0.2) is 12.2 Å². The van der Waals surface area contributed by atoms with Crippen LogP contribution in [-0.4, -0.2) is 28.6 Å². The Kier molecular flexibility index (Phi) is 1.71. The monoisotopic (exact) mass is 141 g/mol. The number of hydrogen-bond acceptors (Lipinski definition) is 2. The molecule has 0 bridgehead atoms. The van der Waals surface area contributed by atoms with Gasteiger partial charge < -0.3 is 5.11 Å². The molecule has 1 N–H and O–H groups in total. The van der Waals surface area contributed by atoms with Gasteiger partial charge in [-0.3, -0.25) is 4.79 Å². The Balaban J connectivity index is 2.68. The van der Waals surface area contributed by atoms with Crippen LogP contribution in [0.3, 0.4) is 0 Å². The Morgan fingerprint density at radius 3 is 2.70 bits per heavy atom. The quantitative estimate of drug-likeness (QED) is 0.498. The van der Waals surface area contributed by atoms with E-state index in [0.717, 1.165) is 4.90 Å². The Bertz CT molecular complexity index is 197. The first kappa shape index (κ1) is 6.80. The van der Waals surface area contributed by atoms with Crippen LogP contribution in [0.5, 0.6) is 0 Å². The molecule has 0 unspecified atom stereocenters. The first-order chi connectivity index (χ1) is 4.72. The second-order valence-corrected chi connectivity index (χ2v) is 1.96. The van der Waals surface area contributed by atoms with Crippen LogP contribution in [0.4, 0.5) is 4.79 Å². The molecule has 0 saturated carbocycles. The van der Waals surface area contributed by atoms with Gasteiger partial charge in [-0.15, -0.1) is 0 Å². The van der Waals surface area contributed by atoms with E-state index < -0.39 is 6.09 Å². The zero-order valence-corrected chi connectivity index (χ0v) is 5.28. The maximum Gasteiger partial charge on any atom is 0.414 e. The summed E-state index contributed by atoms with van der Waals surface area (Å²) in [6, 6.07) is 0. The largest absolute Gasteiger partial charge is 0.465 e. The van der Waals surface area contributed by atoms with Crippen molar-refractivity contribution in [3.63, 3.8) is 0 Å². The molecular weight excluding hydrogens is 134 g/mol. The molecule has 0 aromatic rings. The van der Waals surface area contributed by atoms with Gasteiger partial charge in [0.15, 0.2) is 0 Å². The molecule has 0 aromatic carbocycles. The molecule has 0 aliphatic carbocycles. The second kappa shape index (κ2) is 2.51. The predicted molar refractivity (Wildman–Crippen MR) is 33.5 cm³/mol. The van der Waals surface area contributed by atoms with E-state index in [-0.39, 0.29) is 18.9 Å². The Hall–Kier alpha value is -1.32. The highest BCUT2D eigenvalue weighted by molar-refractivity contribution is 5.92. The van der Waals surface area contributed by atoms with Crippen molar-refractivity contribution in [3.8, 4) is 0 Å². The average Bonchev–Trinajstić information content (AvgIpc) is 1.88. The molecule has 1 aliphatic rings. The molecule has 4 heteroatoms. The first-order valence-electron chi connectivity index (χ1n) is 2.90. The van der Waals surface area contributed by atoms with Crippen LogP contribution in [0.1, 0.15) is 6.42 Å². The van der Waals surface area contributed by atoms with Gasteiger partial charge in [0.25, 0.3) is 0 Å². The van der Waals surface area contributed by atoms with Crippen LogP contribution < -0.4 is 0 Å². The van der Waals surface area contributed by atoms with Gasteiger partial charge >= 0.3 is 6.09 Å². The third-order valence-electron chi connectivity index (χ3n) is 1.28. The predicted octanol–water partition coefficient (Wildman–Crippen LogP) is 0.453. The van der Waals surface area contributed by atoms with Crippen molar-refractivity contribution in [3.05, 3.63) is 12.2 Å². The van der Waals surface area contributed by atoms with E-state index in [1.54, 1.807) is 12.2 Å². The summed E-state index contributed by atoms with van der Waals surface area (Å²) in [4.78, 5) is 21.8. The third-order valence-corrected chi connectivity index (χ3v) is 1.28. The minimum absolute atomic E-state index is 0.189. The average molecular weight is 141 g/mol. The van der Waals surface area contributed by atoms with Crippen LogP contribution in [0.25, 0.3) is 0 Å². The smallest absolute Gasteiger partial charge is 0.414 e.